The minimum Gasteiger partial charge on any atom is -0.403 e. The minimum absolute atomic E-state index is 0.150. The maximum absolute atomic E-state index is 14.4. The van der Waals surface area contributed by atoms with Crippen molar-refractivity contribution in [1.82, 2.24) is 9.71 Å². The van der Waals surface area contributed by atoms with Gasteiger partial charge in [0.05, 0.1) is 21.4 Å². The molecule has 0 amide bonds. The largest absolute Gasteiger partial charge is 0.573 e. The van der Waals surface area contributed by atoms with Crippen LogP contribution in [-0.4, -0.2) is 20.3 Å². The van der Waals surface area contributed by atoms with Crippen LogP contribution in [0.2, 0.25) is 0 Å². The van der Waals surface area contributed by atoms with Gasteiger partial charge >= 0.3 is 6.36 Å². The van der Waals surface area contributed by atoms with Gasteiger partial charge in [-0.25, -0.2) is 13.3 Å². The molecule has 0 aliphatic carbocycles. The summed E-state index contributed by atoms with van der Waals surface area (Å²) < 4.78 is 71.1. The lowest BCUT2D eigenvalue weighted by Gasteiger charge is -2.34. The molecule has 4 nitrogen and oxygen atoms in total. The van der Waals surface area contributed by atoms with E-state index >= 15 is 0 Å². The van der Waals surface area contributed by atoms with E-state index in [0.717, 1.165) is 12.1 Å². The van der Waals surface area contributed by atoms with E-state index in [0.29, 0.717) is 10.2 Å². The molecular formula is C19H19BrF4N2O2S. The predicted molar refractivity (Wildman–Crippen MR) is 107 cm³/mol. The van der Waals surface area contributed by atoms with Gasteiger partial charge in [0.1, 0.15) is 5.54 Å². The van der Waals surface area contributed by atoms with Crippen molar-refractivity contribution >= 4 is 26.9 Å². The molecule has 1 aromatic heterocycles. The summed E-state index contributed by atoms with van der Waals surface area (Å²) in [7, 11) is -1.66. The van der Waals surface area contributed by atoms with Crippen LogP contribution in [0.5, 0.6) is 5.75 Å². The second-order valence-corrected chi connectivity index (χ2v) is 9.84. The number of rotatable bonds is 6. The van der Waals surface area contributed by atoms with Crippen LogP contribution in [0.25, 0.3) is 0 Å². The topological polar surface area (TPSA) is 51.2 Å². The molecule has 2 aromatic rings. The molecule has 0 aliphatic heterocycles. The molecule has 29 heavy (non-hydrogen) atoms. The van der Waals surface area contributed by atoms with Gasteiger partial charge in [0.25, 0.3) is 0 Å². The zero-order valence-electron chi connectivity index (χ0n) is 15.8. The Hall–Kier alpha value is -1.78. The molecule has 0 spiro atoms. The molecule has 0 aliphatic rings. The molecule has 1 N–H and O–H groups in total. The summed E-state index contributed by atoms with van der Waals surface area (Å²) in [4.78, 5) is 4.30. The fraction of sp³-hybridized carbons (Fsp3) is 0.316. The number of hydrogen-bond donors (Lipinski definition) is 1. The Labute approximate surface area is 177 Å². The number of aromatic nitrogens is 1. The Bertz CT molecular complexity index is 931. The van der Waals surface area contributed by atoms with Gasteiger partial charge in [-0.1, -0.05) is 12.1 Å². The molecule has 1 aromatic carbocycles. The summed E-state index contributed by atoms with van der Waals surface area (Å²) in [6.45, 7) is 8.99. The lowest BCUT2D eigenvalue weighted by molar-refractivity contribution is -0.275. The Morgan fingerprint density at radius 3 is 2.38 bits per heavy atom. The van der Waals surface area contributed by atoms with Gasteiger partial charge in [-0.2, -0.15) is 0 Å². The molecule has 1 unspecified atom stereocenters. The Morgan fingerprint density at radius 1 is 1.24 bits per heavy atom. The Balaban J connectivity index is 2.68. The highest BCUT2D eigenvalue weighted by Gasteiger charge is 2.39. The first-order chi connectivity index (χ1) is 13.3. The van der Waals surface area contributed by atoms with E-state index < -0.39 is 39.2 Å². The first-order valence-electron chi connectivity index (χ1n) is 8.30. The maximum atomic E-state index is 14.4. The number of nitrogens with zero attached hydrogens (tertiary/aromatic N) is 1. The quantitative estimate of drug-likeness (QED) is 0.434. The Morgan fingerprint density at radius 2 is 1.90 bits per heavy atom. The summed E-state index contributed by atoms with van der Waals surface area (Å²) in [5, 5.41) is 0. The van der Waals surface area contributed by atoms with Gasteiger partial charge in [-0.15, -0.1) is 19.8 Å². The van der Waals surface area contributed by atoms with E-state index in [1.165, 1.54) is 18.3 Å². The number of ether oxygens (including phenoxy) is 1. The van der Waals surface area contributed by atoms with Gasteiger partial charge < -0.3 is 4.74 Å². The molecule has 0 bridgehead atoms. The van der Waals surface area contributed by atoms with Crippen LogP contribution in [0.4, 0.5) is 17.6 Å². The van der Waals surface area contributed by atoms with Crippen molar-refractivity contribution in [2.24, 2.45) is 0 Å². The first kappa shape index (κ1) is 23.5. The normalized spacial score (nSPS) is 15.4. The lowest BCUT2D eigenvalue weighted by atomic mass is 9.87. The van der Waals surface area contributed by atoms with Crippen molar-refractivity contribution in [2.45, 2.75) is 37.4 Å². The molecule has 2 rings (SSSR count). The zero-order chi connectivity index (χ0) is 22.0. The van der Waals surface area contributed by atoms with E-state index in [2.05, 4.69) is 37.0 Å². The van der Waals surface area contributed by atoms with Crippen LogP contribution in [-0.2, 0) is 16.5 Å². The minimum atomic E-state index is -5.03. The number of hydrogen-bond acceptors (Lipinski definition) is 3. The van der Waals surface area contributed by atoms with Crippen molar-refractivity contribution < 1.29 is 26.5 Å². The second kappa shape index (κ2) is 8.53. The van der Waals surface area contributed by atoms with E-state index in [-0.39, 0.29) is 5.56 Å². The zero-order valence-corrected chi connectivity index (χ0v) is 18.2. The van der Waals surface area contributed by atoms with Crippen LogP contribution in [0, 0.1) is 5.82 Å². The van der Waals surface area contributed by atoms with Crippen LogP contribution in [0.3, 0.4) is 0 Å². The number of nitrogens with one attached hydrogen (secondary N) is 1. The molecule has 1 heterocycles. The first-order valence-corrected chi connectivity index (χ1v) is 10.2. The van der Waals surface area contributed by atoms with E-state index in [9.17, 15) is 21.8 Å². The molecular weight excluding hydrogens is 476 g/mol. The van der Waals surface area contributed by atoms with Crippen molar-refractivity contribution in [1.29, 1.82) is 0 Å². The smallest absolute Gasteiger partial charge is 0.403 e. The predicted octanol–water partition coefficient (Wildman–Crippen LogP) is 5.36. The molecule has 0 saturated carbocycles. The second-order valence-electron chi connectivity index (χ2n) is 7.02. The molecule has 158 valence electrons. The summed E-state index contributed by atoms with van der Waals surface area (Å²) in [5.74, 6) is -2.21. The third-order valence-electron chi connectivity index (χ3n) is 3.86. The van der Waals surface area contributed by atoms with Crippen molar-refractivity contribution in [3.05, 3.63) is 70.7 Å². The fourth-order valence-electron chi connectivity index (χ4n) is 2.43. The van der Waals surface area contributed by atoms with Crippen molar-refractivity contribution in [2.75, 3.05) is 0 Å². The molecule has 0 fully saturated rings. The van der Waals surface area contributed by atoms with Gasteiger partial charge in [-0.05, 0) is 66.5 Å². The molecule has 0 radical (unpaired) electrons. The molecule has 10 heteroatoms. The number of halogens is 5. The van der Waals surface area contributed by atoms with Gasteiger partial charge in [-0.3, -0.25) is 4.98 Å². The maximum Gasteiger partial charge on any atom is 0.573 e. The van der Waals surface area contributed by atoms with Crippen LogP contribution in [0.1, 0.15) is 32.0 Å². The highest BCUT2D eigenvalue weighted by atomic mass is 79.9. The third kappa shape index (κ3) is 5.43. The van der Waals surface area contributed by atoms with Crippen LogP contribution in [0.15, 0.2) is 53.7 Å². The number of alkyl halides is 3. The fourth-order valence-corrected chi connectivity index (χ4v) is 3.89. The summed E-state index contributed by atoms with van der Waals surface area (Å²) in [5.41, 5.74) is -0.997. The monoisotopic (exact) mass is 494 g/mol. The average molecular weight is 495 g/mol. The van der Waals surface area contributed by atoms with E-state index in [1.807, 2.05) is 0 Å². The van der Waals surface area contributed by atoms with Crippen molar-refractivity contribution in [3.63, 3.8) is 0 Å². The number of benzene rings is 1. The highest BCUT2D eigenvalue weighted by Crippen LogP contribution is 2.37. The summed E-state index contributed by atoms with van der Waals surface area (Å²) in [6, 6.07) is 6.30. The SMILES string of the molecule is C=C[C@@](NS(=O)C(C)(C)C)(c1ccc(OC(F)(F)F)c(F)c1)c1ncccc1Br. The molecule has 2 atom stereocenters. The average Bonchev–Trinajstić information content (AvgIpc) is 2.60. The van der Waals surface area contributed by atoms with Crippen molar-refractivity contribution in [3.8, 4) is 5.75 Å². The highest BCUT2D eigenvalue weighted by molar-refractivity contribution is 9.10. The standard InChI is InChI=1S/C19H19BrF4N2O2S/c1-5-18(26-29(27)17(2,3)4,16-13(20)7-6-10-25-16)12-8-9-15(14(21)11-12)28-19(22,23)24/h5-11,26H,1H2,2-4H3/t18-,29?/m1/s1. The van der Waals surface area contributed by atoms with E-state index in [4.69, 9.17) is 0 Å². The third-order valence-corrected chi connectivity index (χ3v) is 6.12. The Kier molecular flexibility index (Phi) is 6.91. The molecule has 0 saturated heterocycles. The summed E-state index contributed by atoms with van der Waals surface area (Å²) >= 11 is 3.37. The lowest BCUT2D eigenvalue weighted by Crippen LogP contribution is -2.48. The van der Waals surface area contributed by atoms with Gasteiger partial charge in [0.2, 0.25) is 0 Å². The van der Waals surface area contributed by atoms with Crippen LogP contribution < -0.4 is 9.46 Å². The van der Waals surface area contributed by atoms with Gasteiger partial charge in [0.15, 0.2) is 11.6 Å². The van der Waals surface area contributed by atoms with Crippen LogP contribution >= 0.6 is 15.9 Å². The van der Waals surface area contributed by atoms with E-state index in [1.54, 1.807) is 32.9 Å². The number of pyridine rings is 1. The summed E-state index contributed by atoms with van der Waals surface area (Å²) in [6.07, 6.45) is -2.17. The van der Waals surface area contributed by atoms with Gasteiger partial charge in [0, 0.05) is 10.7 Å².